The second-order valence-corrected chi connectivity index (χ2v) is 6.76. The molecule has 0 bridgehead atoms. The van der Waals surface area contributed by atoms with Crippen molar-refractivity contribution in [2.24, 2.45) is 7.05 Å². The lowest BCUT2D eigenvalue weighted by Gasteiger charge is -2.10. The van der Waals surface area contributed by atoms with Gasteiger partial charge in [-0.2, -0.15) is 0 Å². The number of ether oxygens (including phenoxy) is 1. The van der Waals surface area contributed by atoms with E-state index in [0.29, 0.717) is 28.0 Å². The first-order valence-electron chi connectivity index (χ1n) is 9.36. The van der Waals surface area contributed by atoms with Gasteiger partial charge in [0.2, 0.25) is 0 Å². The number of hydrogen-bond donors (Lipinski definition) is 1. The number of anilines is 1. The number of fused-ring (bicyclic) bond motifs is 1. The number of ketones is 1. The topological polar surface area (TPSA) is 107 Å². The second kappa shape index (κ2) is 9.13. The van der Waals surface area contributed by atoms with Gasteiger partial charge < -0.3 is 10.1 Å². The number of Topliss-reactive ketones (excluding diaryl/α,β-unsaturated/α-hetero) is 1. The van der Waals surface area contributed by atoms with Crippen LogP contribution in [0.3, 0.4) is 0 Å². The van der Waals surface area contributed by atoms with E-state index in [1.807, 2.05) is 0 Å². The summed E-state index contributed by atoms with van der Waals surface area (Å²) in [5, 5.41) is 3.09. The number of nitrogens with one attached hydrogen (secondary N) is 1. The third-order valence-electron chi connectivity index (χ3n) is 4.55. The van der Waals surface area contributed by atoms with E-state index in [1.165, 1.54) is 11.5 Å². The van der Waals surface area contributed by atoms with E-state index in [4.69, 9.17) is 4.74 Å². The molecule has 0 radical (unpaired) electrons. The summed E-state index contributed by atoms with van der Waals surface area (Å²) >= 11 is 0. The fraction of sp³-hybridized carbons (Fsp3) is 0.227. The fourth-order valence-electron chi connectivity index (χ4n) is 2.93. The van der Waals surface area contributed by atoms with Gasteiger partial charge in [-0.1, -0.05) is 24.3 Å². The zero-order valence-electron chi connectivity index (χ0n) is 16.7. The largest absolute Gasteiger partial charge is 0.456 e. The van der Waals surface area contributed by atoms with Crippen molar-refractivity contribution >= 4 is 34.3 Å². The number of amides is 1. The van der Waals surface area contributed by atoms with Crippen molar-refractivity contribution in [3.63, 3.8) is 0 Å². The van der Waals surface area contributed by atoms with Crippen LogP contribution in [0.15, 0.2) is 53.3 Å². The van der Waals surface area contributed by atoms with Crippen LogP contribution < -0.4 is 10.9 Å². The number of carbonyl (C=O) groups is 3. The number of para-hydroxylation sites is 1. The molecule has 8 nitrogen and oxygen atoms in total. The van der Waals surface area contributed by atoms with Gasteiger partial charge in [0, 0.05) is 24.7 Å². The molecule has 8 heteroatoms. The Bertz CT molecular complexity index is 1180. The zero-order valence-corrected chi connectivity index (χ0v) is 16.7. The molecule has 0 aliphatic heterocycles. The summed E-state index contributed by atoms with van der Waals surface area (Å²) in [7, 11) is 1.60. The van der Waals surface area contributed by atoms with Gasteiger partial charge in [-0.25, -0.2) is 4.98 Å². The molecule has 1 aromatic heterocycles. The van der Waals surface area contributed by atoms with Crippen LogP contribution >= 0.6 is 0 Å². The lowest BCUT2D eigenvalue weighted by atomic mass is 10.1. The Hall–Kier alpha value is -3.81. The minimum Gasteiger partial charge on any atom is -0.456 e. The lowest BCUT2D eigenvalue weighted by molar-refractivity contribution is -0.147. The molecule has 0 fully saturated rings. The van der Waals surface area contributed by atoms with Crippen LogP contribution in [0.4, 0.5) is 5.69 Å². The van der Waals surface area contributed by atoms with E-state index in [1.54, 1.807) is 55.6 Å². The maximum Gasteiger partial charge on any atom is 0.306 e. The molecular weight excluding hydrogens is 386 g/mol. The number of aryl methyl sites for hydroxylation is 1. The van der Waals surface area contributed by atoms with E-state index < -0.39 is 18.5 Å². The second-order valence-electron chi connectivity index (χ2n) is 6.76. The molecule has 0 aliphatic carbocycles. The van der Waals surface area contributed by atoms with Crippen molar-refractivity contribution in [3.8, 4) is 0 Å². The van der Waals surface area contributed by atoms with Crippen LogP contribution in [0.1, 0.15) is 29.5 Å². The summed E-state index contributed by atoms with van der Waals surface area (Å²) in [6.45, 7) is 0.982. The van der Waals surface area contributed by atoms with Gasteiger partial charge in [0.15, 0.2) is 12.4 Å². The first-order valence-corrected chi connectivity index (χ1v) is 9.36. The molecule has 2 aromatic carbocycles. The van der Waals surface area contributed by atoms with Crippen LogP contribution in [0.5, 0.6) is 0 Å². The number of hydrogen-bond acceptors (Lipinski definition) is 6. The first kappa shape index (κ1) is 20.9. The standard InChI is InChI=1S/C22H21N3O5/c1-14(26)15-6-5-7-16(12-15)23-20(27)13-30-21(28)11-10-19-24-18-9-4-3-8-17(18)22(29)25(19)2/h3-9,12H,10-11,13H2,1-2H3,(H,23,27). The number of benzene rings is 2. The molecule has 0 unspecified atom stereocenters. The summed E-state index contributed by atoms with van der Waals surface area (Å²) < 4.78 is 6.41. The van der Waals surface area contributed by atoms with Crippen molar-refractivity contribution in [3.05, 3.63) is 70.3 Å². The molecule has 154 valence electrons. The van der Waals surface area contributed by atoms with E-state index in [0.717, 1.165) is 0 Å². The highest BCUT2D eigenvalue weighted by Crippen LogP contribution is 2.11. The number of esters is 1. The van der Waals surface area contributed by atoms with Gasteiger partial charge >= 0.3 is 5.97 Å². The fourth-order valence-corrected chi connectivity index (χ4v) is 2.93. The molecule has 3 rings (SSSR count). The monoisotopic (exact) mass is 407 g/mol. The van der Waals surface area contributed by atoms with Crippen molar-refractivity contribution in [2.75, 3.05) is 11.9 Å². The van der Waals surface area contributed by atoms with Crippen LogP contribution in [0.25, 0.3) is 10.9 Å². The predicted octanol–water partition coefficient (Wildman–Crippen LogP) is 2.25. The van der Waals surface area contributed by atoms with E-state index in [9.17, 15) is 19.2 Å². The summed E-state index contributed by atoms with van der Waals surface area (Å²) in [5.41, 5.74) is 1.30. The Morgan fingerprint density at radius 3 is 2.63 bits per heavy atom. The normalized spacial score (nSPS) is 10.6. The van der Waals surface area contributed by atoms with E-state index in [2.05, 4.69) is 10.3 Å². The Balaban J connectivity index is 1.54. The van der Waals surface area contributed by atoms with E-state index in [-0.39, 0.29) is 24.2 Å². The molecule has 1 amide bonds. The number of carbonyl (C=O) groups excluding carboxylic acids is 3. The number of nitrogens with zero attached hydrogens (tertiary/aromatic N) is 2. The SMILES string of the molecule is CC(=O)c1cccc(NC(=O)COC(=O)CCc2nc3ccccc3c(=O)n2C)c1. The van der Waals surface area contributed by atoms with Crippen molar-refractivity contribution < 1.29 is 19.1 Å². The lowest BCUT2D eigenvalue weighted by Crippen LogP contribution is -2.24. The number of rotatable bonds is 7. The summed E-state index contributed by atoms with van der Waals surface area (Å²) in [6.07, 6.45) is 0.184. The Morgan fingerprint density at radius 1 is 1.10 bits per heavy atom. The van der Waals surface area contributed by atoms with Crippen molar-refractivity contribution in [1.29, 1.82) is 0 Å². The highest BCUT2D eigenvalue weighted by atomic mass is 16.5. The maximum atomic E-state index is 12.4. The molecular formula is C22H21N3O5. The predicted molar refractivity (Wildman–Crippen MR) is 111 cm³/mol. The van der Waals surface area contributed by atoms with Crippen LogP contribution in [-0.2, 0) is 27.8 Å². The van der Waals surface area contributed by atoms with Gasteiger partial charge in [0.05, 0.1) is 17.3 Å². The maximum absolute atomic E-state index is 12.4. The summed E-state index contributed by atoms with van der Waals surface area (Å²) in [5.74, 6) is -0.749. The van der Waals surface area contributed by atoms with Crippen LogP contribution in [0.2, 0.25) is 0 Å². The minimum absolute atomic E-state index is 0.0221. The molecule has 3 aromatic rings. The Kier molecular flexibility index (Phi) is 6.36. The quantitative estimate of drug-likeness (QED) is 0.475. The van der Waals surface area contributed by atoms with Gasteiger partial charge in [-0.05, 0) is 31.2 Å². The van der Waals surface area contributed by atoms with Gasteiger partial charge in [-0.3, -0.25) is 23.7 Å². The van der Waals surface area contributed by atoms with E-state index >= 15 is 0 Å². The molecule has 0 atom stereocenters. The molecule has 1 heterocycles. The molecule has 0 aliphatic rings. The smallest absolute Gasteiger partial charge is 0.306 e. The first-order chi connectivity index (χ1) is 14.3. The third kappa shape index (κ3) is 4.96. The third-order valence-corrected chi connectivity index (χ3v) is 4.55. The highest BCUT2D eigenvalue weighted by Gasteiger charge is 2.12. The van der Waals surface area contributed by atoms with Crippen molar-refractivity contribution in [2.45, 2.75) is 19.8 Å². The summed E-state index contributed by atoms with van der Waals surface area (Å²) in [6, 6.07) is 13.5. The Labute approximate surface area is 172 Å². The van der Waals surface area contributed by atoms with Gasteiger partial charge in [-0.15, -0.1) is 0 Å². The van der Waals surface area contributed by atoms with Crippen LogP contribution in [0, 0.1) is 0 Å². The molecule has 0 saturated heterocycles. The summed E-state index contributed by atoms with van der Waals surface area (Å²) in [4.78, 5) is 52.2. The zero-order chi connectivity index (χ0) is 21.7. The highest BCUT2D eigenvalue weighted by molar-refractivity contribution is 5.97. The molecule has 30 heavy (non-hydrogen) atoms. The molecule has 0 saturated carbocycles. The van der Waals surface area contributed by atoms with Crippen molar-refractivity contribution in [1.82, 2.24) is 9.55 Å². The van der Waals surface area contributed by atoms with Crippen LogP contribution in [-0.4, -0.2) is 33.8 Å². The Morgan fingerprint density at radius 2 is 1.87 bits per heavy atom. The van der Waals surface area contributed by atoms with Gasteiger partial charge in [0.25, 0.3) is 11.5 Å². The van der Waals surface area contributed by atoms with Gasteiger partial charge in [0.1, 0.15) is 5.82 Å². The molecule has 1 N–H and O–H groups in total. The average molecular weight is 407 g/mol. The average Bonchev–Trinajstić information content (AvgIpc) is 2.74. The number of aromatic nitrogens is 2. The molecule has 0 spiro atoms. The minimum atomic E-state index is -0.579.